The molecule has 0 unspecified atom stereocenters. The zero-order chi connectivity index (χ0) is 14.2. The lowest BCUT2D eigenvalue weighted by Gasteiger charge is -2.21. The van der Waals surface area contributed by atoms with E-state index < -0.39 is 29.5 Å². The van der Waals surface area contributed by atoms with E-state index in [1.807, 2.05) is 0 Å². The number of benzene rings is 1. The molecular formula is C12H9F3NO3-. The summed E-state index contributed by atoms with van der Waals surface area (Å²) in [7, 11) is 0. The molecule has 7 heteroatoms. The van der Waals surface area contributed by atoms with Gasteiger partial charge in [0.2, 0.25) is 5.91 Å². The quantitative estimate of drug-likeness (QED) is 0.800. The Morgan fingerprint density at radius 3 is 2.47 bits per heavy atom. The van der Waals surface area contributed by atoms with Crippen molar-refractivity contribution >= 4 is 17.6 Å². The van der Waals surface area contributed by atoms with Gasteiger partial charge in [-0.1, -0.05) is 12.1 Å². The summed E-state index contributed by atoms with van der Waals surface area (Å²) < 4.78 is 38.5. The molecule has 102 valence electrons. The fourth-order valence-corrected chi connectivity index (χ4v) is 2.05. The summed E-state index contributed by atoms with van der Waals surface area (Å²) in [5.41, 5.74) is -1.27. The molecule has 1 amide bonds. The molecule has 1 heterocycles. The maximum Gasteiger partial charge on any atom is 0.418 e. The Morgan fingerprint density at radius 2 is 1.95 bits per heavy atom. The van der Waals surface area contributed by atoms with E-state index in [-0.39, 0.29) is 18.7 Å². The largest absolute Gasteiger partial charge is 0.550 e. The summed E-state index contributed by atoms with van der Waals surface area (Å²) >= 11 is 0. The molecule has 0 saturated carbocycles. The Hall–Kier alpha value is -2.05. The predicted octanol–water partition coefficient (Wildman–Crippen LogP) is 0.808. The van der Waals surface area contributed by atoms with Gasteiger partial charge < -0.3 is 14.8 Å². The van der Waals surface area contributed by atoms with Crippen molar-refractivity contribution in [2.45, 2.75) is 12.6 Å². The number of carboxylic acids is 1. The molecule has 0 spiro atoms. The summed E-state index contributed by atoms with van der Waals surface area (Å²) in [6.07, 6.45) is -4.94. The number of para-hydroxylation sites is 1. The standard InChI is InChI=1S/C12H10F3NO3/c13-12(14,15)8-3-1-2-4-9(8)16-6-7(11(18)19)5-10(16)17/h1-4,7H,5-6H2,(H,18,19)/p-1/t7-/m1/s1. The molecule has 1 fully saturated rings. The van der Waals surface area contributed by atoms with Gasteiger partial charge in [0.05, 0.1) is 11.3 Å². The summed E-state index contributed by atoms with van der Waals surface area (Å²) in [6.45, 7) is -0.297. The van der Waals surface area contributed by atoms with Gasteiger partial charge in [0.15, 0.2) is 0 Å². The highest BCUT2D eigenvalue weighted by atomic mass is 19.4. The highest BCUT2D eigenvalue weighted by Gasteiger charge is 2.39. The second-order valence-corrected chi connectivity index (χ2v) is 4.24. The van der Waals surface area contributed by atoms with E-state index in [1.54, 1.807) is 0 Å². The molecule has 1 aliphatic heterocycles. The minimum Gasteiger partial charge on any atom is -0.550 e. The number of carboxylic acid groups (broad SMARTS) is 1. The molecule has 4 nitrogen and oxygen atoms in total. The molecule has 0 aromatic heterocycles. The van der Waals surface area contributed by atoms with Crippen molar-refractivity contribution in [1.82, 2.24) is 0 Å². The summed E-state index contributed by atoms with van der Waals surface area (Å²) in [5, 5.41) is 10.7. The summed E-state index contributed by atoms with van der Waals surface area (Å²) in [4.78, 5) is 23.2. The molecule has 19 heavy (non-hydrogen) atoms. The van der Waals surface area contributed by atoms with E-state index in [0.717, 1.165) is 17.0 Å². The Bertz CT molecular complexity index is 527. The third-order valence-electron chi connectivity index (χ3n) is 2.96. The van der Waals surface area contributed by atoms with Gasteiger partial charge in [-0.15, -0.1) is 0 Å². The minimum atomic E-state index is -4.60. The minimum absolute atomic E-state index is 0.297. The van der Waals surface area contributed by atoms with Crippen molar-refractivity contribution in [3.63, 3.8) is 0 Å². The van der Waals surface area contributed by atoms with Crippen LogP contribution in [0.5, 0.6) is 0 Å². The fourth-order valence-electron chi connectivity index (χ4n) is 2.05. The molecule has 1 aromatic rings. The van der Waals surface area contributed by atoms with Crippen LogP contribution >= 0.6 is 0 Å². The highest BCUT2D eigenvalue weighted by Crippen LogP contribution is 2.38. The Morgan fingerprint density at radius 1 is 1.32 bits per heavy atom. The number of rotatable bonds is 2. The number of anilines is 1. The normalized spacial score (nSPS) is 19.8. The number of carbonyl (C=O) groups is 2. The van der Waals surface area contributed by atoms with Crippen LogP contribution in [0.1, 0.15) is 12.0 Å². The van der Waals surface area contributed by atoms with Gasteiger partial charge in [0, 0.05) is 24.9 Å². The second kappa shape index (κ2) is 4.56. The number of alkyl halides is 3. The molecule has 1 aromatic carbocycles. The predicted molar refractivity (Wildman–Crippen MR) is 56.9 cm³/mol. The van der Waals surface area contributed by atoms with Crippen LogP contribution in [0.4, 0.5) is 18.9 Å². The molecule has 2 rings (SSSR count). The lowest BCUT2D eigenvalue weighted by molar-refractivity contribution is -0.310. The van der Waals surface area contributed by atoms with Crippen molar-refractivity contribution in [3.8, 4) is 0 Å². The molecular weight excluding hydrogens is 263 g/mol. The molecule has 0 N–H and O–H groups in total. The Kier molecular flexibility index (Phi) is 3.21. The van der Waals surface area contributed by atoms with Crippen LogP contribution in [0.3, 0.4) is 0 Å². The lowest BCUT2D eigenvalue weighted by Crippen LogP contribution is -2.34. The first-order valence-corrected chi connectivity index (χ1v) is 5.48. The molecule has 0 radical (unpaired) electrons. The van der Waals surface area contributed by atoms with E-state index in [0.29, 0.717) is 0 Å². The van der Waals surface area contributed by atoms with E-state index in [4.69, 9.17) is 0 Å². The smallest absolute Gasteiger partial charge is 0.418 e. The molecule has 1 saturated heterocycles. The average molecular weight is 272 g/mol. The first-order valence-electron chi connectivity index (χ1n) is 5.48. The van der Waals surface area contributed by atoms with Gasteiger partial charge >= 0.3 is 6.18 Å². The lowest BCUT2D eigenvalue weighted by atomic mass is 10.1. The monoisotopic (exact) mass is 272 g/mol. The zero-order valence-corrected chi connectivity index (χ0v) is 9.61. The van der Waals surface area contributed by atoms with Crippen molar-refractivity contribution in [2.75, 3.05) is 11.4 Å². The number of carbonyl (C=O) groups excluding carboxylic acids is 2. The Labute approximate surface area is 106 Å². The number of hydrogen-bond acceptors (Lipinski definition) is 3. The van der Waals surface area contributed by atoms with Crippen LogP contribution in [-0.2, 0) is 15.8 Å². The van der Waals surface area contributed by atoms with Crippen LogP contribution < -0.4 is 10.0 Å². The van der Waals surface area contributed by atoms with Gasteiger partial charge in [0.25, 0.3) is 0 Å². The van der Waals surface area contributed by atoms with Crippen LogP contribution in [0.25, 0.3) is 0 Å². The van der Waals surface area contributed by atoms with Crippen LogP contribution in [0.2, 0.25) is 0 Å². The SMILES string of the molecule is O=C([O-])[C@@H]1CC(=O)N(c2ccccc2C(F)(F)F)C1. The molecule has 1 atom stereocenters. The summed E-state index contributed by atoms with van der Waals surface area (Å²) in [5.74, 6) is -3.15. The van der Waals surface area contributed by atoms with Crippen LogP contribution in [0.15, 0.2) is 24.3 Å². The molecule has 0 aliphatic carbocycles. The van der Waals surface area contributed by atoms with Crippen molar-refractivity contribution in [3.05, 3.63) is 29.8 Å². The van der Waals surface area contributed by atoms with Crippen molar-refractivity contribution in [2.24, 2.45) is 5.92 Å². The van der Waals surface area contributed by atoms with Gasteiger partial charge in [-0.3, -0.25) is 4.79 Å². The van der Waals surface area contributed by atoms with E-state index in [9.17, 15) is 27.9 Å². The number of hydrogen-bond donors (Lipinski definition) is 0. The Balaban J connectivity index is 2.38. The van der Waals surface area contributed by atoms with Crippen molar-refractivity contribution in [1.29, 1.82) is 0 Å². The third-order valence-corrected chi connectivity index (χ3v) is 2.96. The average Bonchev–Trinajstić information content (AvgIpc) is 2.70. The molecule has 0 bridgehead atoms. The third kappa shape index (κ3) is 2.54. The number of halogens is 3. The maximum absolute atomic E-state index is 12.8. The van der Waals surface area contributed by atoms with Gasteiger partial charge in [-0.2, -0.15) is 13.2 Å². The maximum atomic E-state index is 12.8. The van der Waals surface area contributed by atoms with E-state index in [2.05, 4.69) is 0 Å². The first-order chi connectivity index (χ1) is 8.80. The van der Waals surface area contributed by atoms with Gasteiger partial charge in [-0.05, 0) is 12.1 Å². The zero-order valence-electron chi connectivity index (χ0n) is 9.61. The number of amides is 1. The van der Waals surface area contributed by atoms with Crippen molar-refractivity contribution < 1.29 is 27.9 Å². The fraction of sp³-hybridized carbons (Fsp3) is 0.333. The summed E-state index contributed by atoms with van der Waals surface area (Å²) in [6, 6.07) is 4.58. The van der Waals surface area contributed by atoms with Crippen LogP contribution in [0, 0.1) is 5.92 Å². The second-order valence-electron chi connectivity index (χ2n) is 4.24. The topological polar surface area (TPSA) is 60.4 Å². The van der Waals surface area contributed by atoms with Crippen LogP contribution in [-0.4, -0.2) is 18.4 Å². The van der Waals surface area contributed by atoms with Gasteiger partial charge in [-0.25, -0.2) is 0 Å². The number of aliphatic carboxylic acids is 1. The molecule has 1 aliphatic rings. The van der Waals surface area contributed by atoms with E-state index >= 15 is 0 Å². The number of nitrogens with zero attached hydrogens (tertiary/aromatic N) is 1. The van der Waals surface area contributed by atoms with Gasteiger partial charge in [0.1, 0.15) is 0 Å². The van der Waals surface area contributed by atoms with E-state index in [1.165, 1.54) is 12.1 Å². The first kappa shape index (κ1) is 13.4. The highest BCUT2D eigenvalue weighted by molar-refractivity contribution is 5.99.